The second kappa shape index (κ2) is 8.95. The molecule has 4 aliphatic carbocycles. The van der Waals surface area contributed by atoms with Crippen LogP contribution in [-0.4, -0.2) is 12.1 Å². The van der Waals surface area contributed by atoms with Gasteiger partial charge in [0, 0.05) is 6.92 Å². The van der Waals surface area contributed by atoms with Crippen molar-refractivity contribution in [2.75, 3.05) is 0 Å². The van der Waals surface area contributed by atoms with Crippen LogP contribution in [0.2, 0.25) is 0 Å². The summed E-state index contributed by atoms with van der Waals surface area (Å²) >= 11 is 0. The molecule has 0 amide bonds. The van der Waals surface area contributed by atoms with Crippen LogP contribution in [0.5, 0.6) is 0 Å². The summed E-state index contributed by atoms with van der Waals surface area (Å²) < 4.78 is 5.64. The fourth-order valence-electron chi connectivity index (χ4n) is 8.38. The van der Waals surface area contributed by atoms with Gasteiger partial charge in [-0.3, -0.25) is 4.79 Å². The lowest BCUT2D eigenvalue weighted by atomic mass is 9.49. The number of allylic oxidation sites excluding steroid dienone is 4. The molecular formula is C30H48O2. The number of hydrogen-bond donors (Lipinski definition) is 0. The van der Waals surface area contributed by atoms with Crippen LogP contribution < -0.4 is 0 Å². The Balaban J connectivity index is 1.53. The maximum absolute atomic E-state index is 11.5. The van der Waals surface area contributed by atoms with Crippen LogP contribution in [0.4, 0.5) is 0 Å². The highest BCUT2D eigenvalue weighted by molar-refractivity contribution is 5.66. The summed E-state index contributed by atoms with van der Waals surface area (Å²) in [4.78, 5) is 11.5. The van der Waals surface area contributed by atoms with Gasteiger partial charge in [-0.25, -0.2) is 0 Å². The van der Waals surface area contributed by atoms with Gasteiger partial charge in [0.05, 0.1) is 0 Å². The lowest BCUT2D eigenvalue weighted by molar-refractivity contribution is -0.152. The van der Waals surface area contributed by atoms with E-state index in [1.54, 1.807) is 6.92 Å². The fourth-order valence-corrected chi connectivity index (χ4v) is 8.38. The van der Waals surface area contributed by atoms with Crippen molar-refractivity contribution in [3.63, 3.8) is 0 Å². The number of ether oxygens (including phenoxy) is 1. The predicted octanol–water partition coefficient (Wildman–Crippen LogP) is 8.13. The molecule has 0 aromatic heterocycles. The van der Waals surface area contributed by atoms with Gasteiger partial charge in [0.25, 0.3) is 0 Å². The summed E-state index contributed by atoms with van der Waals surface area (Å²) in [5, 5.41) is 0. The Labute approximate surface area is 197 Å². The van der Waals surface area contributed by atoms with Gasteiger partial charge in [-0.15, -0.1) is 0 Å². The van der Waals surface area contributed by atoms with E-state index in [-0.39, 0.29) is 12.1 Å². The van der Waals surface area contributed by atoms with Gasteiger partial charge in [-0.2, -0.15) is 0 Å². The van der Waals surface area contributed by atoms with Gasteiger partial charge in [-0.1, -0.05) is 64.8 Å². The predicted molar refractivity (Wildman–Crippen MR) is 133 cm³/mol. The van der Waals surface area contributed by atoms with Gasteiger partial charge in [0.15, 0.2) is 0 Å². The molecule has 8 atom stereocenters. The monoisotopic (exact) mass is 440 g/mol. The molecule has 0 bridgehead atoms. The number of fused-ring (bicyclic) bond motifs is 4. The zero-order valence-electron chi connectivity index (χ0n) is 21.9. The maximum atomic E-state index is 11.5. The third-order valence-corrected chi connectivity index (χ3v) is 10.8. The van der Waals surface area contributed by atoms with E-state index in [0.29, 0.717) is 22.7 Å². The molecule has 0 aromatic carbocycles. The Hall–Kier alpha value is -1.05. The summed E-state index contributed by atoms with van der Waals surface area (Å²) in [5.41, 5.74) is 4.57. The molecule has 2 heteroatoms. The smallest absolute Gasteiger partial charge is 0.302 e. The minimum Gasteiger partial charge on any atom is -0.463 e. The largest absolute Gasteiger partial charge is 0.463 e. The third kappa shape index (κ3) is 4.14. The number of hydrogen-bond acceptors (Lipinski definition) is 2. The van der Waals surface area contributed by atoms with Gasteiger partial charge >= 0.3 is 5.97 Å². The van der Waals surface area contributed by atoms with Crippen LogP contribution in [0.15, 0.2) is 23.3 Å². The second-order valence-corrected chi connectivity index (χ2v) is 12.8. The molecule has 4 rings (SSSR count). The van der Waals surface area contributed by atoms with E-state index >= 15 is 0 Å². The van der Waals surface area contributed by atoms with E-state index in [4.69, 9.17) is 4.74 Å². The molecule has 4 aliphatic rings. The number of esters is 1. The first-order chi connectivity index (χ1) is 15.1. The molecule has 0 saturated heterocycles. The minimum absolute atomic E-state index is 0.103. The summed E-state index contributed by atoms with van der Waals surface area (Å²) in [6.45, 7) is 16.3. The standard InChI is InChI=1S/C30H48O2/c1-19(2)20(3)8-9-21(4)26-12-13-27-25-11-10-23-18-24(32-22(5)31)14-16-29(23,6)28(25)15-17-30(26,27)7/h8-9,19-21,23-24,26,28H,10-18H2,1-7H3/b9-8+/t20-,21+,23?,24?,26+,28-,29-,30+/m0/s1. The van der Waals surface area contributed by atoms with Crippen molar-refractivity contribution in [1.29, 1.82) is 0 Å². The minimum atomic E-state index is -0.103. The average molecular weight is 441 g/mol. The summed E-state index contributed by atoms with van der Waals surface area (Å²) in [6, 6.07) is 0. The molecule has 0 aliphatic heterocycles. The van der Waals surface area contributed by atoms with Gasteiger partial charge < -0.3 is 4.74 Å². The zero-order chi connectivity index (χ0) is 23.3. The lowest BCUT2D eigenvalue weighted by Gasteiger charge is -2.57. The molecule has 3 fully saturated rings. The normalized spacial score (nSPS) is 41.2. The molecule has 0 N–H and O–H groups in total. The van der Waals surface area contributed by atoms with Crippen LogP contribution in [0, 0.1) is 46.3 Å². The van der Waals surface area contributed by atoms with Crippen LogP contribution in [0.1, 0.15) is 106 Å². The molecule has 2 nitrogen and oxygen atoms in total. The number of rotatable bonds is 5. The van der Waals surface area contributed by atoms with E-state index in [1.165, 1.54) is 44.9 Å². The van der Waals surface area contributed by atoms with Crippen molar-refractivity contribution in [3.05, 3.63) is 23.3 Å². The Bertz CT molecular complexity index is 776. The van der Waals surface area contributed by atoms with Crippen molar-refractivity contribution < 1.29 is 9.53 Å². The third-order valence-electron chi connectivity index (χ3n) is 10.8. The Morgan fingerprint density at radius 1 is 1.00 bits per heavy atom. The lowest BCUT2D eigenvalue weighted by Crippen LogP contribution is -2.48. The highest BCUT2D eigenvalue weighted by atomic mass is 16.5. The molecule has 0 radical (unpaired) electrons. The fraction of sp³-hybridized carbons (Fsp3) is 0.833. The SMILES string of the molecule is CC(=O)OC1CC[C@@]2(C)C(CCC3=C4CC[C@H]([C@H](C)/C=C/[C@H](C)C(C)C)[C@@]4(C)CC[C@@H]32)C1. The highest BCUT2D eigenvalue weighted by Gasteiger charge is 2.55. The summed E-state index contributed by atoms with van der Waals surface area (Å²) in [7, 11) is 0. The highest BCUT2D eigenvalue weighted by Crippen LogP contribution is 2.65. The first kappa shape index (κ1) is 24.1. The van der Waals surface area contributed by atoms with Crippen molar-refractivity contribution in [1.82, 2.24) is 0 Å². The number of carbonyl (C=O) groups excluding carboxylic acids is 1. The quantitative estimate of drug-likeness (QED) is 0.318. The molecular weight excluding hydrogens is 392 g/mol. The van der Waals surface area contributed by atoms with Gasteiger partial charge in [-0.05, 0) is 104 Å². The second-order valence-electron chi connectivity index (χ2n) is 12.8. The van der Waals surface area contributed by atoms with E-state index in [0.717, 1.165) is 36.5 Å². The first-order valence-corrected chi connectivity index (χ1v) is 13.6. The van der Waals surface area contributed by atoms with E-state index in [2.05, 4.69) is 53.7 Å². The van der Waals surface area contributed by atoms with Crippen LogP contribution in [0.25, 0.3) is 0 Å². The van der Waals surface area contributed by atoms with Crippen molar-refractivity contribution in [2.24, 2.45) is 46.3 Å². The van der Waals surface area contributed by atoms with Crippen LogP contribution in [0.3, 0.4) is 0 Å². The molecule has 180 valence electrons. The topological polar surface area (TPSA) is 26.3 Å². The van der Waals surface area contributed by atoms with Crippen LogP contribution >= 0.6 is 0 Å². The van der Waals surface area contributed by atoms with Crippen molar-refractivity contribution >= 4 is 5.97 Å². The Morgan fingerprint density at radius 3 is 2.44 bits per heavy atom. The number of carbonyl (C=O) groups is 1. The molecule has 0 aromatic rings. The molecule has 32 heavy (non-hydrogen) atoms. The van der Waals surface area contributed by atoms with Crippen molar-refractivity contribution in [2.45, 2.75) is 112 Å². The summed E-state index contributed by atoms with van der Waals surface area (Å²) in [6.07, 6.45) is 16.6. The zero-order valence-corrected chi connectivity index (χ0v) is 21.9. The summed E-state index contributed by atoms with van der Waals surface area (Å²) in [5.74, 6) is 4.24. The van der Waals surface area contributed by atoms with Crippen molar-refractivity contribution in [3.8, 4) is 0 Å². The van der Waals surface area contributed by atoms with E-state index in [1.807, 2.05) is 11.1 Å². The maximum Gasteiger partial charge on any atom is 0.302 e. The first-order valence-electron chi connectivity index (χ1n) is 13.6. The Kier molecular flexibility index (Phi) is 6.74. The van der Waals surface area contributed by atoms with Gasteiger partial charge in [0.2, 0.25) is 0 Å². The molecule has 0 heterocycles. The Morgan fingerprint density at radius 2 is 1.75 bits per heavy atom. The van der Waals surface area contributed by atoms with E-state index in [9.17, 15) is 4.79 Å². The van der Waals surface area contributed by atoms with E-state index < -0.39 is 0 Å². The average Bonchev–Trinajstić information content (AvgIpc) is 3.08. The van der Waals surface area contributed by atoms with Crippen LogP contribution in [-0.2, 0) is 9.53 Å². The van der Waals surface area contributed by atoms with Gasteiger partial charge in [0.1, 0.15) is 6.10 Å². The molecule has 0 spiro atoms. The molecule has 3 saturated carbocycles. The molecule has 2 unspecified atom stereocenters.